The van der Waals surface area contributed by atoms with E-state index >= 15 is 0 Å². The zero-order chi connectivity index (χ0) is 18.6. The number of hydrogen-bond acceptors (Lipinski definition) is 5. The number of aromatic nitrogens is 2. The first-order chi connectivity index (χ1) is 12.4. The quantitative estimate of drug-likeness (QED) is 0.684. The van der Waals surface area contributed by atoms with Crippen LogP contribution in [0.2, 0.25) is 5.02 Å². The van der Waals surface area contributed by atoms with Crippen molar-refractivity contribution in [3.8, 4) is 11.8 Å². The molecule has 134 valence electrons. The molecule has 0 atom stereocenters. The number of ether oxygens (including phenoxy) is 1. The maximum atomic E-state index is 13.5. The molecule has 0 saturated carbocycles. The van der Waals surface area contributed by atoms with Crippen molar-refractivity contribution in [3.63, 3.8) is 0 Å². The Labute approximate surface area is 154 Å². The van der Waals surface area contributed by atoms with Crippen molar-refractivity contribution >= 4 is 27.3 Å². The van der Waals surface area contributed by atoms with Gasteiger partial charge in [0.15, 0.2) is 11.6 Å². The maximum Gasteiger partial charge on any atom is 0.322 e. The molecule has 0 aliphatic carbocycles. The fraction of sp³-hybridized carbons (Fsp3) is 0.0588. The first-order valence-corrected chi connectivity index (χ1v) is 9.44. The Morgan fingerprint density at radius 2 is 1.69 bits per heavy atom. The zero-order valence-corrected chi connectivity index (χ0v) is 14.8. The van der Waals surface area contributed by atoms with E-state index in [0.717, 1.165) is 0 Å². The van der Waals surface area contributed by atoms with Crippen LogP contribution in [0.15, 0.2) is 60.9 Å². The van der Waals surface area contributed by atoms with E-state index in [-0.39, 0.29) is 23.2 Å². The summed E-state index contributed by atoms with van der Waals surface area (Å²) in [6, 6.07) is 12.2. The minimum atomic E-state index is -3.65. The lowest BCUT2D eigenvalue weighted by Crippen LogP contribution is -2.15. The topological polar surface area (TPSA) is 81.2 Å². The van der Waals surface area contributed by atoms with Crippen LogP contribution in [0.4, 0.5) is 10.1 Å². The van der Waals surface area contributed by atoms with Gasteiger partial charge in [-0.3, -0.25) is 4.72 Å². The lowest BCUT2D eigenvalue weighted by atomic mass is 10.2. The number of halogens is 2. The lowest BCUT2D eigenvalue weighted by Gasteiger charge is -2.09. The van der Waals surface area contributed by atoms with Gasteiger partial charge in [-0.1, -0.05) is 35.9 Å². The minimum absolute atomic E-state index is 0.0245. The third-order valence-electron chi connectivity index (χ3n) is 3.21. The van der Waals surface area contributed by atoms with Gasteiger partial charge in [0.05, 0.1) is 23.8 Å². The minimum Gasteiger partial charge on any atom is -0.421 e. The molecule has 0 aliphatic heterocycles. The summed E-state index contributed by atoms with van der Waals surface area (Å²) in [6.07, 6.45) is 2.48. The van der Waals surface area contributed by atoms with Crippen LogP contribution in [0.25, 0.3) is 0 Å². The van der Waals surface area contributed by atoms with Gasteiger partial charge >= 0.3 is 6.01 Å². The van der Waals surface area contributed by atoms with Crippen LogP contribution in [0, 0.1) is 5.82 Å². The SMILES string of the molecule is O=S(=O)(Cc1ccc(Cl)cc1)Nc1cnc(Oc2ccccc2F)nc1. The molecule has 0 amide bonds. The second kappa shape index (κ2) is 7.67. The van der Waals surface area contributed by atoms with Crippen LogP contribution in [0.3, 0.4) is 0 Å². The van der Waals surface area contributed by atoms with E-state index in [2.05, 4.69) is 14.7 Å². The summed E-state index contributed by atoms with van der Waals surface area (Å²) in [4.78, 5) is 7.75. The number of benzene rings is 2. The second-order valence-electron chi connectivity index (χ2n) is 5.27. The monoisotopic (exact) mass is 393 g/mol. The third-order valence-corrected chi connectivity index (χ3v) is 4.72. The first kappa shape index (κ1) is 18.1. The molecule has 0 unspecified atom stereocenters. The molecule has 6 nitrogen and oxygen atoms in total. The van der Waals surface area contributed by atoms with Crippen LogP contribution in [0.1, 0.15) is 5.56 Å². The van der Waals surface area contributed by atoms with Gasteiger partial charge in [-0.15, -0.1) is 0 Å². The molecule has 0 radical (unpaired) electrons. The summed E-state index contributed by atoms with van der Waals surface area (Å²) >= 11 is 5.78. The Morgan fingerprint density at radius 3 is 2.35 bits per heavy atom. The molecule has 3 rings (SSSR count). The van der Waals surface area contributed by atoms with Crippen molar-refractivity contribution in [1.82, 2.24) is 9.97 Å². The summed E-state index contributed by atoms with van der Waals surface area (Å²) in [5.41, 5.74) is 0.752. The number of hydrogen-bond donors (Lipinski definition) is 1. The second-order valence-corrected chi connectivity index (χ2v) is 7.43. The van der Waals surface area contributed by atoms with E-state index in [1.165, 1.54) is 30.6 Å². The van der Waals surface area contributed by atoms with Gasteiger partial charge in [-0.05, 0) is 29.8 Å². The molecular weight excluding hydrogens is 381 g/mol. The average molecular weight is 394 g/mol. The summed E-state index contributed by atoms with van der Waals surface area (Å²) in [7, 11) is -3.65. The molecule has 0 fully saturated rings. The van der Waals surface area contributed by atoms with Crippen molar-refractivity contribution in [2.24, 2.45) is 0 Å². The Balaban J connectivity index is 1.66. The molecule has 0 aliphatic rings. The highest BCUT2D eigenvalue weighted by atomic mass is 35.5. The van der Waals surface area contributed by atoms with Gasteiger partial charge in [0, 0.05) is 5.02 Å². The number of para-hydroxylation sites is 1. The van der Waals surface area contributed by atoms with Gasteiger partial charge in [-0.2, -0.15) is 0 Å². The summed E-state index contributed by atoms with van der Waals surface area (Å²) in [6.45, 7) is 0. The molecule has 1 heterocycles. The van der Waals surface area contributed by atoms with Crippen LogP contribution < -0.4 is 9.46 Å². The summed E-state index contributed by atoms with van der Waals surface area (Å²) in [5, 5.41) is 0.526. The highest BCUT2D eigenvalue weighted by Gasteiger charge is 2.13. The van der Waals surface area contributed by atoms with Crippen molar-refractivity contribution < 1.29 is 17.5 Å². The molecule has 1 N–H and O–H groups in total. The molecular formula is C17H13ClFN3O3S. The molecule has 0 saturated heterocycles. The molecule has 2 aromatic carbocycles. The van der Waals surface area contributed by atoms with E-state index in [9.17, 15) is 12.8 Å². The average Bonchev–Trinajstić information content (AvgIpc) is 2.60. The Hall–Kier alpha value is -2.71. The summed E-state index contributed by atoms with van der Waals surface area (Å²) < 4.78 is 45.5. The van der Waals surface area contributed by atoms with Crippen LogP contribution in [0.5, 0.6) is 11.8 Å². The van der Waals surface area contributed by atoms with E-state index in [4.69, 9.17) is 16.3 Å². The van der Waals surface area contributed by atoms with Gasteiger partial charge in [0.25, 0.3) is 0 Å². The Bertz CT molecular complexity index is 997. The summed E-state index contributed by atoms with van der Waals surface area (Å²) in [5.74, 6) is -0.801. The largest absolute Gasteiger partial charge is 0.421 e. The fourth-order valence-corrected chi connectivity index (χ4v) is 3.36. The number of rotatable bonds is 6. The van der Waals surface area contributed by atoms with Gasteiger partial charge in [-0.25, -0.2) is 22.8 Å². The molecule has 3 aromatic rings. The zero-order valence-electron chi connectivity index (χ0n) is 13.3. The van der Waals surface area contributed by atoms with E-state index in [1.54, 1.807) is 30.3 Å². The van der Waals surface area contributed by atoms with Gasteiger partial charge in [0.1, 0.15) is 0 Å². The molecule has 9 heteroatoms. The molecule has 26 heavy (non-hydrogen) atoms. The number of nitrogens with zero attached hydrogens (tertiary/aromatic N) is 2. The van der Waals surface area contributed by atoms with Crippen molar-refractivity contribution in [3.05, 3.63) is 77.3 Å². The highest BCUT2D eigenvalue weighted by molar-refractivity contribution is 7.91. The number of sulfonamides is 1. The third kappa shape index (κ3) is 4.90. The van der Waals surface area contributed by atoms with E-state index in [0.29, 0.717) is 10.6 Å². The van der Waals surface area contributed by atoms with Crippen molar-refractivity contribution in [1.29, 1.82) is 0 Å². The number of anilines is 1. The maximum absolute atomic E-state index is 13.5. The lowest BCUT2D eigenvalue weighted by molar-refractivity contribution is 0.411. The Morgan fingerprint density at radius 1 is 1.04 bits per heavy atom. The molecule has 0 spiro atoms. The van der Waals surface area contributed by atoms with Crippen LogP contribution in [-0.2, 0) is 15.8 Å². The van der Waals surface area contributed by atoms with Crippen LogP contribution >= 0.6 is 11.6 Å². The van der Waals surface area contributed by atoms with Gasteiger partial charge < -0.3 is 4.74 Å². The molecule has 0 bridgehead atoms. The van der Waals surface area contributed by atoms with Crippen LogP contribution in [-0.4, -0.2) is 18.4 Å². The molecule has 1 aromatic heterocycles. The normalized spacial score (nSPS) is 11.2. The predicted molar refractivity (Wildman–Crippen MR) is 96.2 cm³/mol. The fourth-order valence-electron chi connectivity index (χ4n) is 2.06. The van der Waals surface area contributed by atoms with Gasteiger partial charge in [0.2, 0.25) is 10.0 Å². The first-order valence-electron chi connectivity index (χ1n) is 7.41. The smallest absolute Gasteiger partial charge is 0.322 e. The standard InChI is InChI=1S/C17H13ClFN3O3S/c18-13-7-5-12(6-8-13)11-26(23,24)22-14-9-20-17(21-10-14)25-16-4-2-1-3-15(16)19/h1-10,22H,11H2. The van der Waals surface area contributed by atoms with E-state index in [1.807, 2.05) is 0 Å². The van der Waals surface area contributed by atoms with E-state index < -0.39 is 15.8 Å². The van der Waals surface area contributed by atoms with Crippen molar-refractivity contribution in [2.75, 3.05) is 4.72 Å². The highest BCUT2D eigenvalue weighted by Crippen LogP contribution is 2.21. The number of nitrogens with one attached hydrogen (secondary N) is 1. The Kier molecular flexibility index (Phi) is 5.34. The van der Waals surface area contributed by atoms with Crippen molar-refractivity contribution in [2.45, 2.75) is 5.75 Å². The predicted octanol–water partition coefficient (Wildman–Crippen LogP) is 4.00.